The van der Waals surface area contributed by atoms with Crippen LogP contribution in [-0.2, 0) is 6.54 Å². The third-order valence-electron chi connectivity index (χ3n) is 3.04. The van der Waals surface area contributed by atoms with Gasteiger partial charge in [-0.3, -0.25) is 4.79 Å². The van der Waals surface area contributed by atoms with Crippen molar-refractivity contribution in [2.45, 2.75) is 19.9 Å². The van der Waals surface area contributed by atoms with Gasteiger partial charge in [-0.1, -0.05) is 13.0 Å². The summed E-state index contributed by atoms with van der Waals surface area (Å²) in [6.07, 6.45) is 2.68. The Labute approximate surface area is 121 Å². The smallest absolute Gasteiger partial charge is 0.339 e. The third-order valence-corrected chi connectivity index (χ3v) is 3.04. The average molecular weight is 288 g/mol. The number of aromatic hydroxyl groups is 1. The van der Waals surface area contributed by atoms with Gasteiger partial charge in [0.1, 0.15) is 11.3 Å². The zero-order chi connectivity index (χ0) is 15.4. The number of aryl methyl sites for hydroxylation is 1. The maximum atomic E-state index is 12.2. The molecule has 2 rings (SSSR count). The molecule has 0 radical (unpaired) electrons. The lowest BCUT2D eigenvalue weighted by molar-refractivity contribution is 0.0693. The molecule has 0 bridgehead atoms. The summed E-state index contributed by atoms with van der Waals surface area (Å²) >= 11 is 0. The molecule has 0 aliphatic heterocycles. The van der Waals surface area contributed by atoms with Crippen molar-refractivity contribution in [3.8, 4) is 5.75 Å². The number of nitrogens with one attached hydrogen (secondary N) is 1. The van der Waals surface area contributed by atoms with Crippen LogP contribution in [0.4, 0.5) is 5.69 Å². The Morgan fingerprint density at radius 2 is 2.00 bits per heavy atom. The molecule has 0 saturated carbocycles. The molecule has 0 atom stereocenters. The molecule has 1 heterocycles. The van der Waals surface area contributed by atoms with Crippen molar-refractivity contribution in [2.75, 3.05) is 5.32 Å². The second kappa shape index (κ2) is 6.13. The van der Waals surface area contributed by atoms with Gasteiger partial charge in [-0.2, -0.15) is 0 Å². The summed E-state index contributed by atoms with van der Waals surface area (Å²) in [5.74, 6) is -2.10. The highest BCUT2D eigenvalue weighted by molar-refractivity contribution is 6.05. The molecule has 110 valence electrons. The fourth-order valence-electron chi connectivity index (χ4n) is 2.06. The Balaban J connectivity index is 2.26. The molecular formula is C15H16N2O4. The first-order valence-corrected chi connectivity index (χ1v) is 6.56. The molecule has 1 amide bonds. The number of aromatic carboxylic acids is 1. The zero-order valence-electron chi connectivity index (χ0n) is 11.5. The lowest BCUT2D eigenvalue weighted by Crippen LogP contribution is -2.17. The van der Waals surface area contributed by atoms with E-state index in [4.69, 9.17) is 5.11 Å². The molecule has 6 nitrogen and oxygen atoms in total. The van der Waals surface area contributed by atoms with E-state index in [2.05, 4.69) is 5.32 Å². The van der Waals surface area contributed by atoms with E-state index < -0.39 is 17.6 Å². The van der Waals surface area contributed by atoms with Gasteiger partial charge in [0.25, 0.3) is 5.91 Å². The minimum atomic E-state index is -1.25. The summed E-state index contributed by atoms with van der Waals surface area (Å²) in [7, 11) is 0. The van der Waals surface area contributed by atoms with Crippen LogP contribution >= 0.6 is 0 Å². The Hall–Kier alpha value is -2.76. The number of anilines is 1. The van der Waals surface area contributed by atoms with Gasteiger partial charge in [0.2, 0.25) is 0 Å². The summed E-state index contributed by atoms with van der Waals surface area (Å²) < 4.78 is 1.80. The molecule has 1 aromatic carbocycles. The number of phenols is 1. The van der Waals surface area contributed by atoms with Crippen LogP contribution in [0.2, 0.25) is 0 Å². The highest BCUT2D eigenvalue weighted by atomic mass is 16.4. The minimum absolute atomic E-state index is 0.0733. The lowest BCUT2D eigenvalue weighted by Gasteiger charge is -2.11. The number of hydrogen-bond acceptors (Lipinski definition) is 3. The van der Waals surface area contributed by atoms with Crippen molar-refractivity contribution in [2.24, 2.45) is 0 Å². The van der Waals surface area contributed by atoms with Crippen LogP contribution in [0.5, 0.6) is 5.75 Å². The van der Waals surface area contributed by atoms with Crippen molar-refractivity contribution >= 4 is 17.6 Å². The first kappa shape index (κ1) is 14.6. The number of carboxylic acid groups (broad SMARTS) is 1. The maximum Gasteiger partial charge on any atom is 0.339 e. The molecule has 2 aromatic rings. The van der Waals surface area contributed by atoms with Crippen molar-refractivity contribution < 1.29 is 19.8 Å². The number of para-hydroxylation sites is 1. The number of hydrogen-bond donors (Lipinski definition) is 3. The predicted molar refractivity (Wildman–Crippen MR) is 77.7 cm³/mol. The summed E-state index contributed by atoms with van der Waals surface area (Å²) in [4.78, 5) is 23.2. The highest BCUT2D eigenvalue weighted by Gasteiger charge is 2.16. The van der Waals surface area contributed by atoms with Gasteiger partial charge in [-0.15, -0.1) is 0 Å². The number of aromatic nitrogens is 1. The Kier molecular flexibility index (Phi) is 4.27. The van der Waals surface area contributed by atoms with E-state index in [9.17, 15) is 14.7 Å². The van der Waals surface area contributed by atoms with Crippen LogP contribution in [-0.4, -0.2) is 26.7 Å². The molecule has 6 heteroatoms. The van der Waals surface area contributed by atoms with Crippen LogP contribution in [0.1, 0.15) is 34.2 Å². The number of benzene rings is 1. The van der Waals surface area contributed by atoms with Crippen LogP contribution in [0, 0.1) is 0 Å². The number of carbonyl (C=O) groups excluding carboxylic acids is 1. The van der Waals surface area contributed by atoms with Gasteiger partial charge in [-0.25, -0.2) is 4.79 Å². The first-order chi connectivity index (χ1) is 10.0. The van der Waals surface area contributed by atoms with E-state index in [1.165, 1.54) is 18.2 Å². The van der Waals surface area contributed by atoms with E-state index in [-0.39, 0.29) is 11.3 Å². The van der Waals surface area contributed by atoms with Crippen LogP contribution in [0.15, 0.2) is 36.5 Å². The Morgan fingerprint density at radius 3 is 2.67 bits per heavy atom. The fraction of sp³-hybridized carbons (Fsp3) is 0.200. The molecule has 3 N–H and O–H groups in total. The van der Waals surface area contributed by atoms with E-state index in [1.54, 1.807) is 22.9 Å². The second-order valence-electron chi connectivity index (χ2n) is 4.55. The monoisotopic (exact) mass is 288 g/mol. The van der Waals surface area contributed by atoms with E-state index >= 15 is 0 Å². The van der Waals surface area contributed by atoms with Gasteiger partial charge in [0.05, 0.1) is 5.69 Å². The standard InChI is InChI=1S/C15H16N2O4/c1-2-8-17-9-4-7-12(17)14(19)16-11-6-3-5-10(13(11)18)15(20)21/h3-7,9,18H,2,8H2,1H3,(H,16,19)(H,20,21). The van der Waals surface area contributed by atoms with E-state index in [0.29, 0.717) is 12.2 Å². The van der Waals surface area contributed by atoms with Gasteiger partial charge >= 0.3 is 5.97 Å². The first-order valence-electron chi connectivity index (χ1n) is 6.56. The summed E-state index contributed by atoms with van der Waals surface area (Å²) in [6.45, 7) is 2.71. The molecule has 21 heavy (non-hydrogen) atoms. The minimum Gasteiger partial charge on any atom is -0.505 e. The Morgan fingerprint density at radius 1 is 1.24 bits per heavy atom. The van der Waals surface area contributed by atoms with Crippen LogP contribution in [0.25, 0.3) is 0 Å². The van der Waals surface area contributed by atoms with Crippen molar-refractivity contribution in [3.63, 3.8) is 0 Å². The topological polar surface area (TPSA) is 91.6 Å². The molecule has 0 aliphatic carbocycles. The number of carbonyl (C=O) groups is 2. The molecular weight excluding hydrogens is 272 g/mol. The van der Waals surface area contributed by atoms with Crippen molar-refractivity contribution in [3.05, 3.63) is 47.8 Å². The van der Waals surface area contributed by atoms with Crippen LogP contribution in [0.3, 0.4) is 0 Å². The summed E-state index contributed by atoms with van der Waals surface area (Å²) in [5, 5.41) is 21.4. The highest BCUT2D eigenvalue weighted by Crippen LogP contribution is 2.27. The SMILES string of the molecule is CCCn1cccc1C(=O)Nc1cccc(C(=O)O)c1O. The second-order valence-corrected chi connectivity index (χ2v) is 4.55. The normalized spacial score (nSPS) is 10.3. The molecule has 0 saturated heterocycles. The largest absolute Gasteiger partial charge is 0.505 e. The van der Waals surface area contributed by atoms with Gasteiger partial charge < -0.3 is 20.1 Å². The molecule has 0 aliphatic rings. The number of amides is 1. The van der Waals surface area contributed by atoms with Gasteiger partial charge in [0, 0.05) is 12.7 Å². The fourth-order valence-corrected chi connectivity index (χ4v) is 2.06. The van der Waals surface area contributed by atoms with Crippen LogP contribution < -0.4 is 5.32 Å². The average Bonchev–Trinajstić information content (AvgIpc) is 2.89. The predicted octanol–water partition coefficient (Wildman–Crippen LogP) is 2.55. The van der Waals surface area contributed by atoms with E-state index in [1.807, 2.05) is 6.92 Å². The summed E-state index contributed by atoms with van der Waals surface area (Å²) in [5.41, 5.74) is 0.276. The Bertz CT molecular complexity index is 676. The molecule has 0 fully saturated rings. The molecule has 1 aromatic heterocycles. The molecule has 0 spiro atoms. The van der Waals surface area contributed by atoms with Gasteiger partial charge in [0.15, 0.2) is 5.75 Å². The number of rotatable bonds is 5. The summed E-state index contributed by atoms with van der Waals surface area (Å²) in [6, 6.07) is 7.62. The maximum absolute atomic E-state index is 12.2. The van der Waals surface area contributed by atoms with Crippen molar-refractivity contribution in [1.82, 2.24) is 4.57 Å². The lowest BCUT2D eigenvalue weighted by atomic mass is 10.1. The number of nitrogens with zero attached hydrogens (tertiary/aromatic N) is 1. The van der Waals surface area contributed by atoms with Crippen molar-refractivity contribution in [1.29, 1.82) is 0 Å². The number of carboxylic acids is 1. The molecule has 0 unspecified atom stereocenters. The third kappa shape index (κ3) is 3.05. The zero-order valence-corrected chi connectivity index (χ0v) is 11.5. The van der Waals surface area contributed by atoms with Gasteiger partial charge in [-0.05, 0) is 30.7 Å². The van der Waals surface area contributed by atoms with E-state index in [0.717, 1.165) is 6.42 Å². The quantitative estimate of drug-likeness (QED) is 0.737.